The third-order valence-electron chi connectivity index (χ3n) is 3.44. The molecule has 1 fully saturated rings. The molecule has 0 saturated carbocycles. The summed E-state index contributed by atoms with van der Waals surface area (Å²) in [4.78, 5) is 2.34. The van der Waals surface area contributed by atoms with Crippen LogP contribution in [0.5, 0.6) is 5.75 Å². The minimum Gasteiger partial charge on any atom is -0.496 e. The second kappa shape index (κ2) is 6.55. The van der Waals surface area contributed by atoms with Gasteiger partial charge in [-0.15, -0.1) is 0 Å². The van der Waals surface area contributed by atoms with Crippen LogP contribution in [0.15, 0.2) is 22.7 Å². The van der Waals surface area contributed by atoms with Crippen molar-refractivity contribution in [3.05, 3.63) is 28.2 Å². The Balaban J connectivity index is 1.99. The average Bonchev–Trinajstić information content (AvgIpc) is 2.39. The number of likely N-dealkylation sites (tertiary alicyclic amines) is 1. The molecule has 4 heteroatoms. The lowest BCUT2D eigenvalue weighted by molar-refractivity contribution is 0.101. The fourth-order valence-electron chi connectivity index (χ4n) is 2.38. The van der Waals surface area contributed by atoms with Gasteiger partial charge in [0.1, 0.15) is 5.75 Å². The number of aliphatic hydroxyl groups is 1. The van der Waals surface area contributed by atoms with E-state index in [1.165, 1.54) is 19.3 Å². The number of nitrogens with zero attached hydrogens (tertiary/aromatic N) is 1. The van der Waals surface area contributed by atoms with Crippen LogP contribution in [0.25, 0.3) is 0 Å². The summed E-state index contributed by atoms with van der Waals surface area (Å²) < 4.78 is 6.08. The number of hydrogen-bond acceptors (Lipinski definition) is 3. The van der Waals surface area contributed by atoms with Crippen molar-refractivity contribution in [1.29, 1.82) is 0 Å². The maximum absolute atomic E-state index is 10.3. The van der Waals surface area contributed by atoms with E-state index in [0.717, 1.165) is 35.4 Å². The first-order valence-corrected chi connectivity index (χ1v) is 7.24. The van der Waals surface area contributed by atoms with Gasteiger partial charge in [-0.2, -0.15) is 0 Å². The van der Waals surface area contributed by atoms with Gasteiger partial charge in [0.05, 0.1) is 17.7 Å². The zero-order valence-electron chi connectivity index (χ0n) is 10.7. The highest BCUT2D eigenvalue weighted by Gasteiger charge is 2.16. The van der Waals surface area contributed by atoms with Crippen LogP contribution in [0, 0.1) is 0 Å². The van der Waals surface area contributed by atoms with Crippen LogP contribution in [0.2, 0.25) is 0 Å². The van der Waals surface area contributed by atoms with Crippen molar-refractivity contribution in [3.8, 4) is 5.75 Å². The molecule has 1 aromatic carbocycles. The summed E-state index contributed by atoms with van der Waals surface area (Å²) >= 11 is 3.45. The van der Waals surface area contributed by atoms with Crippen LogP contribution in [0.1, 0.15) is 30.9 Å². The number of β-amino-alcohol motifs (C(OH)–C–C–N with tert-alkyl or cyclic N) is 1. The Hall–Kier alpha value is -0.580. The number of hydrogen-bond donors (Lipinski definition) is 1. The minimum absolute atomic E-state index is 0.426. The van der Waals surface area contributed by atoms with Crippen molar-refractivity contribution in [3.63, 3.8) is 0 Å². The number of aliphatic hydroxyl groups excluding tert-OH is 1. The average molecular weight is 314 g/mol. The van der Waals surface area contributed by atoms with Crippen LogP contribution >= 0.6 is 15.9 Å². The molecular formula is C14H20BrNO2. The fraction of sp³-hybridized carbons (Fsp3) is 0.571. The molecule has 1 unspecified atom stereocenters. The molecule has 1 aliphatic heterocycles. The highest BCUT2D eigenvalue weighted by Crippen LogP contribution is 2.28. The number of methoxy groups -OCH3 is 1. The van der Waals surface area contributed by atoms with E-state index in [-0.39, 0.29) is 0 Å². The van der Waals surface area contributed by atoms with E-state index in [0.29, 0.717) is 0 Å². The second-order valence-electron chi connectivity index (χ2n) is 4.77. The molecule has 1 heterocycles. The third-order valence-corrected chi connectivity index (χ3v) is 4.06. The molecule has 1 N–H and O–H groups in total. The number of piperidine rings is 1. The molecular weight excluding hydrogens is 294 g/mol. The summed E-state index contributed by atoms with van der Waals surface area (Å²) in [6, 6.07) is 5.75. The predicted octanol–water partition coefficient (Wildman–Crippen LogP) is 2.98. The highest BCUT2D eigenvalue weighted by atomic mass is 79.9. The standard InChI is InChI=1S/C14H20BrNO2/c1-18-14-6-5-11(9-12(14)15)13(17)10-16-7-3-2-4-8-16/h5-6,9,13,17H,2-4,7-8,10H2,1H3. The normalized spacial score (nSPS) is 18.6. The van der Waals surface area contributed by atoms with E-state index in [1.54, 1.807) is 7.11 Å². The van der Waals surface area contributed by atoms with Crippen molar-refractivity contribution in [2.45, 2.75) is 25.4 Å². The maximum Gasteiger partial charge on any atom is 0.133 e. The topological polar surface area (TPSA) is 32.7 Å². The van der Waals surface area contributed by atoms with E-state index in [9.17, 15) is 5.11 Å². The lowest BCUT2D eigenvalue weighted by Crippen LogP contribution is -2.33. The summed E-state index contributed by atoms with van der Waals surface area (Å²) in [6.07, 6.45) is 3.39. The Labute approximate surface area is 117 Å². The van der Waals surface area contributed by atoms with Gasteiger partial charge in [-0.05, 0) is 59.6 Å². The van der Waals surface area contributed by atoms with Gasteiger partial charge in [0.2, 0.25) is 0 Å². The molecule has 0 amide bonds. The van der Waals surface area contributed by atoms with E-state index < -0.39 is 6.10 Å². The summed E-state index contributed by atoms with van der Waals surface area (Å²) in [5.74, 6) is 0.795. The smallest absolute Gasteiger partial charge is 0.133 e. The first kappa shape index (κ1) is 13.8. The van der Waals surface area contributed by atoms with E-state index >= 15 is 0 Å². The Bertz CT molecular complexity index is 391. The molecule has 2 rings (SSSR count). The molecule has 1 aromatic rings. The van der Waals surface area contributed by atoms with Gasteiger partial charge in [0.15, 0.2) is 0 Å². The Kier molecular flexibility index (Phi) is 5.03. The highest BCUT2D eigenvalue weighted by molar-refractivity contribution is 9.10. The van der Waals surface area contributed by atoms with Crippen LogP contribution in [-0.2, 0) is 0 Å². The second-order valence-corrected chi connectivity index (χ2v) is 5.63. The number of benzene rings is 1. The van der Waals surface area contributed by atoms with E-state index in [4.69, 9.17) is 4.74 Å². The summed E-state index contributed by atoms with van der Waals surface area (Å²) in [5, 5.41) is 10.3. The van der Waals surface area contributed by atoms with Gasteiger partial charge in [-0.3, -0.25) is 0 Å². The van der Waals surface area contributed by atoms with Crippen LogP contribution < -0.4 is 4.74 Å². The van der Waals surface area contributed by atoms with Gasteiger partial charge in [0, 0.05) is 6.54 Å². The van der Waals surface area contributed by atoms with Crippen molar-refractivity contribution in [2.75, 3.05) is 26.7 Å². The lowest BCUT2D eigenvalue weighted by Gasteiger charge is -2.28. The van der Waals surface area contributed by atoms with Gasteiger partial charge < -0.3 is 14.7 Å². The molecule has 3 nitrogen and oxygen atoms in total. The zero-order valence-corrected chi connectivity index (χ0v) is 12.3. The molecule has 0 bridgehead atoms. The summed E-state index contributed by atoms with van der Waals surface area (Å²) in [6.45, 7) is 2.93. The quantitative estimate of drug-likeness (QED) is 0.927. The Morgan fingerprint density at radius 2 is 2.06 bits per heavy atom. The molecule has 0 spiro atoms. The van der Waals surface area contributed by atoms with Gasteiger partial charge in [0.25, 0.3) is 0 Å². The number of halogens is 1. The van der Waals surface area contributed by atoms with E-state index in [1.807, 2.05) is 18.2 Å². The third kappa shape index (κ3) is 3.46. The van der Waals surface area contributed by atoms with Crippen molar-refractivity contribution < 1.29 is 9.84 Å². The summed E-state index contributed by atoms with van der Waals surface area (Å²) in [5.41, 5.74) is 0.938. The molecule has 1 aliphatic rings. The van der Waals surface area contributed by atoms with E-state index in [2.05, 4.69) is 20.8 Å². The largest absolute Gasteiger partial charge is 0.496 e. The first-order chi connectivity index (χ1) is 8.70. The number of rotatable bonds is 4. The van der Waals surface area contributed by atoms with Crippen LogP contribution in [-0.4, -0.2) is 36.8 Å². The SMILES string of the molecule is COc1ccc(C(O)CN2CCCCC2)cc1Br. The lowest BCUT2D eigenvalue weighted by atomic mass is 10.1. The van der Waals surface area contributed by atoms with Gasteiger partial charge in [-0.1, -0.05) is 12.5 Å². The molecule has 1 saturated heterocycles. The van der Waals surface area contributed by atoms with Crippen molar-refractivity contribution >= 4 is 15.9 Å². The van der Waals surface area contributed by atoms with Gasteiger partial charge >= 0.3 is 0 Å². The first-order valence-electron chi connectivity index (χ1n) is 6.44. The number of ether oxygens (including phenoxy) is 1. The minimum atomic E-state index is -0.426. The Morgan fingerprint density at radius 1 is 1.33 bits per heavy atom. The molecule has 18 heavy (non-hydrogen) atoms. The molecule has 1 atom stereocenters. The molecule has 0 radical (unpaired) electrons. The Morgan fingerprint density at radius 3 is 2.67 bits per heavy atom. The van der Waals surface area contributed by atoms with Crippen LogP contribution in [0.4, 0.5) is 0 Å². The summed E-state index contributed by atoms with van der Waals surface area (Å²) in [7, 11) is 1.64. The van der Waals surface area contributed by atoms with Crippen molar-refractivity contribution in [2.24, 2.45) is 0 Å². The molecule has 100 valence electrons. The van der Waals surface area contributed by atoms with Gasteiger partial charge in [-0.25, -0.2) is 0 Å². The van der Waals surface area contributed by atoms with Crippen molar-refractivity contribution in [1.82, 2.24) is 4.90 Å². The maximum atomic E-state index is 10.3. The van der Waals surface area contributed by atoms with Crippen LogP contribution in [0.3, 0.4) is 0 Å². The molecule has 0 aliphatic carbocycles. The molecule has 0 aromatic heterocycles. The monoisotopic (exact) mass is 313 g/mol. The fourth-order valence-corrected chi connectivity index (χ4v) is 2.94. The predicted molar refractivity (Wildman–Crippen MR) is 75.9 cm³/mol. The zero-order chi connectivity index (χ0) is 13.0.